The summed E-state index contributed by atoms with van der Waals surface area (Å²) in [5.41, 5.74) is 7.90. The van der Waals surface area contributed by atoms with Crippen LogP contribution in [0.3, 0.4) is 0 Å². The Morgan fingerprint density at radius 3 is 2.76 bits per heavy atom. The van der Waals surface area contributed by atoms with E-state index in [4.69, 9.17) is 5.73 Å². The average Bonchev–Trinajstić information content (AvgIpc) is 2.96. The predicted molar refractivity (Wildman–Crippen MR) is 81.3 cm³/mol. The van der Waals surface area contributed by atoms with E-state index in [1.54, 1.807) is 43.4 Å². The maximum absolute atomic E-state index is 11.9. The molecule has 0 aliphatic heterocycles. The number of carbonyl (C=O) groups is 1. The number of aromatic nitrogens is 3. The average molecular weight is 281 g/mol. The molecule has 0 aliphatic carbocycles. The molecule has 2 aromatic heterocycles. The van der Waals surface area contributed by atoms with Gasteiger partial charge < -0.3 is 10.6 Å². The minimum Gasteiger partial charge on any atom is -0.398 e. The fourth-order valence-corrected chi connectivity index (χ4v) is 2.20. The fraction of sp³-hybridized carbons (Fsp3) is 0.133. The molecule has 3 aromatic rings. The van der Waals surface area contributed by atoms with Crippen molar-refractivity contribution < 1.29 is 4.79 Å². The van der Waals surface area contributed by atoms with Gasteiger partial charge in [0, 0.05) is 49.1 Å². The number of pyridine rings is 1. The molecule has 2 heterocycles. The maximum Gasteiger partial charge on any atom is 0.273 e. The molecular weight excluding hydrogens is 266 g/mol. The molecule has 1 amide bonds. The van der Waals surface area contributed by atoms with Gasteiger partial charge in [-0.25, -0.2) is 4.68 Å². The summed E-state index contributed by atoms with van der Waals surface area (Å²) in [7, 11) is 3.40. The molecule has 2 N–H and O–H groups in total. The smallest absolute Gasteiger partial charge is 0.273 e. The van der Waals surface area contributed by atoms with Crippen molar-refractivity contribution in [1.29, 1.82) is 0 Å². The van der Waals surface area contributed by atoms with E-state index >= 15 is 0 Å². The van der Waals surface area contributed by atoms with E-state index < -0.39 is 0 Å². The Labute approximate surface area is 121 Å². The van der Waals surface area contributed by atoms with Crippen LogP contribution in [0.15, 0.2) is 42.9 Å². The molecule has 0 aliphatic rings. The third-order valence-corrected chi connectivity index (χ3v) is 3.29. The summed E-state index contributed by atoms with van der Waals surface area (Å²) < 4.78 is 1.67. The lowest BCUT2D eigenvalue weighted by Gasteiger charge is -2.09. The first-order valence-corrected chi connectivity index (χ1v) is 6.48. The number of rotatable bonds is 2. The SMILES string of the molecule is CN(C)C(=O)c1ccn(-c2ccc(N)c3ccncc23)n1. The first-order valence-electron chi connectivity index (χ1n) is 6.48. The highest BCUT2D eigenvalue weighted by Gasteiger charge is 2.13. The van der Waals surface area contributed by atoms with Crippen molar-refractivity contribution in [3.05, 3.63) is 48.5 Å². The number of fused-ring (bicyclic) bond motifs is 1. The quantitative estimate of drug-likeness (QED) is 0.725. The second-order valence-electron chi connectivity index (χ2n) is 4.94. The summed E-state index contributed by atoms with van der Waals surface area (Å²) in [4.78, 5) is 17.6. The first-order chi connectivity index (χ1) is 10.1. The van der Waals surface area contributed by atoms with Gasteiger partial charge in [-0.1, -0.05) is 0 Å². The lowest BCUT2D eigenvalue weighted by molar-refractivity contribution is 0.0821. The number of nitrogens with two attached hydrogens (primary N) is 1. The Morgan fingerprint density at radius 1 is 1.19 bits per heavy atom. The van der Waals surface area contributed by atoms with E-state index in [1.165, 1.54) is 4.90 Å². The second-order valence-corrected chi connectivity index (χ2v) is 4.94. The van der Waals surface area contributed by atoms with Gasteiger partial charge in [-0.05, 0) is 24.3 Å². The summed E-state index contributed by atoms with van der Waals surface area (Å²) in [5.74, 6) is -0.133. The van der Waals surface area contributed by atoms with E-state index in [-0.39, 0.29) is 5.91 Å². The zero-order valence-electron chi connectivity index (χ0n) is 11.8. The lowest BCUT2D eigenvalue weighted by atomic mass is 10.1. The number of hydrogen-bond acceptors (Lipinski definition) is 4. The first kappa shape index (κ1) is 13.1. The van der Waals surface area contributed by atoms with Crippen LogP contribution in [-0.2, 0) is 0 Å². The number of amides is 1. The maximum atomic E-state index is 11.9. The van der Waals surface area contributed by atoms with Crippen molar-refractivity contribution >= 4 is 22.4 Å². The van der Waals surface area contributed by atoms with E-state index in [1.807, 2.05) is 18.2 Å². The number of benzene rings is 1. The van der Waals surface area contributed by atoms with Gasteiger partial charge in [0.2, 0.25) is 0 Å². The largest absolute Gasteiger partial charge is 0.398 e. The van der Waals surface area contributed by atoms with Crippen molar-refractivity contribution in [3.8, 4) is 5.69 Å². The van der Waals surface area contributed by atoms with Gasteiger partial charge in [0.1, 0.15) is 0 Å². The molecule has 1 aromatic carbocycles. The normalized spacial score (nSPS) is 10.8. The van der Waals surface area contributed by atoms with Gasteiger partial charge in [0.25, 0.3) is 5.91 Å². The molecule has 0 saturated carbocycles. The Bertz CT molecular complexity index is 822. The second kappa shape index (κ2) is 4.90. The van der Waals surface area contributed by atoms with Gasteiger partial charge in [0.05, 0.1) is 5.69 Å². The Hall–Kier alpha value is -2.89. The van der Waals surface area contributed by atoms with Crippen LogP contribution in [-0.4, -0.2) is 39.7 Å². The van der Waals surface area contributed by atoms with Crippen LogP contribution in [0.4, 0.5) is 5.69 Å². The molecule has 0 saturated heterocycles. The van der Waals surface area contributed by atoms with Gasteiger partial charge >= 0.3 is 0 Å². The minimum absolute atomic E-state index is 0.133. The van der Waals surface area contributed by atoms with Crippen molar-refractivity contribution in [1.82, 2.24) is 19.7 Å². The molecular formula is C15H15N5O. The molecule has 0 radical (unpaired) electrons. The molecule has 6 nitrogen and oxygen atoms in total. The topological polar surface area (TPSA) is 77.0 Å². The third-order valence-electron chi connectivity index (χ3n) is 3.29. The summed E-state index contributed by atoms with van der Waals surface area (Å²) in [6.45, 7) is 0. The highest BCUT2D eigenvalue weighted by molar-refractivity contribution is 5.98. The number of carbonyl (C=O) groups excluding carboxylic acids is 1. The molecule has 0 bridgehead atoms. The Kier molecular flexibility index (Phi) is 3.06. The van der Waals surface area contributed by atoms with Crippen molar-refractivity contribution in [3.63, 3.8) is 0 Å². The molecule has 6 heteroatoms. The zero-order chi connectivity index (χ0) is 15.0. The van der Waals surface area contributed by atoms with Crippen LogP contribution in [0, 0.1) is 0 Å². The van der Waals surface area contributed by atoms with E-state index in [0.29, 0.717) is 11.4 Å². The standard InChI is InChI=1S/C15H15N5O/c1-19(2)15(21)13-6-8-20(18-13)14-4-3-12(16)10-5-7-17-9-11(10)14/h3-9H,16H2,1-2H3. The van der Waals surface area contributed by atoms with Gasteiger partial charge in [-0.3, -0.25) is 9.78 Å². The Morgan fingerprint density at radius 2 is 2.00 bits per heavy atom. The molecule has 21 heavy (non-hydrogen) atoms. The Balaban J connectivity index is 2.14. The zero-order valence-corrected chi connectivity index (χ0v) is 11.8. The molecule has 0 fully saturated rings. The predicted octanol–water partition coefficient (Wildman–Crippen LogP) is 1.70. The summed E-state index contributed by atoms with van der Waals surface area (Å²) in [6.07, 6.45) is 5.21. The number of anilines is 1. The van der Waals surface area contributed by atoms with Gasteiger partial charge in [-0.2, -0.15) is 5.10 Å². The van der Waals surface area contributed by atoms with Crippen LogP contribution in [0.2, 0.25) is 0 Å². The van der Waals surface area contributed by atoms with Crippen LogP contribution >= 0.6 is 0 Å². The summed E-state index contributed by atoms with van der Waals surface area (Å²) in [5, 5.41) is 6.15. The van der Waals surface area contributed by atoms with E-state index in [2.05, 4.69) is 10.1 Å². The number of hydrogen-bond donors (Lipinski definition) is 1. The fourth-order valence-electron chi connectivity index (χ4n) is 2.20. The van der Waals surface area contributed by atoms with Crippen LogP contribution < -0.4 is 5.73 Å². The molecule has 0 spiro atoms. The van der Waals surface area contributed by atoms with Gasteiger partial charge in [0.15, 0.2) is 5.69 Å². The lowest BCUT2D eigenvalue weighted by Crippen LogP contribution is -2.22. The van der Waals surface area contributed by atoms with E-state index in [9.17, 15) is 4.79 Å². The van der Waals surface area contributed by atoms with Crippen molar-refractivity contribution in [2.24, 2.45) is 0 Å². The summed E-state index contributed by atoms with van der Waals surface area (Å²) >= 11 is 0. The molecule has 3 rings (SSSR count). The minimum atomic E-state index is -0.133. The highest BCUT2D eigenvalue weighted by atomic mass is 16.2. The molecule has 0 atom stereocenters. The number of nitrogens with zero attached hydrogens (tertiary/aromatic N) is 4. The monoisotopic (exact) mass is 281 g/mol. The van der Waals surface area contributed by atoms with Crippen LogP contribution in [0.25, 0.3) is 16.5 Å². The van der Waals surface area contributed by atoms with Crippen LogP contribution in [0.5, 0.6) is 0 Å². The van der Waals surface area contributed by atoms with Crippen molar-refractivity contribution in [2.75, 3.05) is 19.8 Å². The summed E-state index contributed by atoms with van der Waals surface area (Å²) in [6, 6.07) is 7.26. The molecule has 0 unspecified atom stereocenters. The third kappa shape index (κ3) is 2.20. The molecule has 106 valence electrons. The highest BCUT2D eigenvalue weighted by Crippen LogP contribution is 2.26. The van der Waals surface area contributed by atoms with E-state index in [0.717, 1.165) is 16.5 Å². The van der Waals surface area contributed by atoms with Gasteiger partial charge in [-0.15, -0.1) is 0 Å². The van der Waals surface area contributed by atoms with Crippen LogP contribution in [0.1, 0.15) is 10.5 Å². The van der Waals surface area contributed by atoms with Crippen molar-refractivity contribution in [2.45, 2.75) is 0 Å². The number of nitrogen functional groups attached to an aromatic ring is 1.